The Morgan fingerprint density at radius 1 is 1.12 bits per heavy atom. The molecule has 0 saturated heterocycles. The molecule has 2 rings (SSSR count). The SMILES string of the molecule is CSCCC(NC(=O)C(NC(=O)CNC(=O)C(N)Cc1c[nH]c2ccccc12)C(C)C)C(=O)O. The van der Waals surface area contributed by atoms with E-state index >= 15 is 0 Å². The van der Waals surface area contributed by atoms with Crippen molar-refractivity contribution < 1.29 is 24.3 Å². The number of carboxylic acid groups (broad SMARTS) is 1. The fourth-order valence-electron chi connectivity index (χ4n) is 3.44. The summed E-state index contributed by atoms with van der Waals surface area (Å²) in [6, 6.07) is 4.83. The molecular weight excluding hydrogens is 458 g/mol. The van der Waals surface area contributed by atoms with E-state index in [2.05, 4.69) is 20.9 Å². The fraction of sp³-hybridized carbons (Fsp3) is 0.478. The molecule has 186 valence electrons. The van der Waals surface area contributed by atoms with E-state index in [0.29, 0.717) is 12.2 Å². The number of amides is 3. The van der Waals surface area contributed by atoms with E-state index in [-0.39, 0.29) is 18.9 Å². The minimum absolute atomic E-state index is 0.269. The van der Waals surface area contributed by atoms with Crippen molar-refractivity contribution in [3.63, 3.8) is 0 Å². The minimum atomic E-state index is -1.13. The highest BCUT2D eigenvalue weighted by molar-refractivity contribution is 7.98. The molecule has 0 aliphatic carbocycles. The number of aromatic nitrogens is 1. The average Bonchev–Trinajstić information content (AvgIpc) is 3.20. The number of hydrogen-bond donors (Lipinski definition) is 6. The van der Waals surface area contributed by atoms with Gasteiger partial charge in [0.2, 0.25) is 17.7 Å². The normalized spacial score (nSPS) is 13.8. The number of nitrogens with one attached hydrogen (secondary N) is 4. The van der Waals surface area contributed by atoms with Crippen LogP contribution in [-0.4, -0.2) is 70.5 Å². The molecule has 0 radical (unpaired) electrons. The summed E-state index contributed by atoms with van der Waals surface area (Å²) in [6.45, 7) is 3.11. The molecule has 0 aliphatic heterocycles. The van der Waals surface area contributed by atoms with E-state index in [1.165, 1.54) is 11.8 Å². The quantitative estimate of drug-likeness (QED) is 0.239. The average molecular weight is 492 g/mol. The molecule has 2 aromatic rings. The molecule has 0 fully saturated rings. The number of thioether (sulfide) groups is 1. The zero-order valence-electron chi connectivity index (χ0n) is 19.6. The Labute approximate surface area is 202 Å². The topological polar surface area (TPSA) is 166 Å². The van der Waals surface area contributed by atoms with Crippen LogP contribution in [0.4, 0.5) is 0 Å². The summed E-state index contributed by atoms with van der Waals surface area (Å²) in [4.78, 5) is 52.0. The monoisotopic (exact) mass is 491 g/mol. The molecule has 0 bridgehead atoms. The molecule has 0 aliphatic rings. The number of rotatable bonds is 13. The van der Waals surface area contributed by atoms with Gasteiger partial charge in [-0.1, -0.05) is 32.0 Å². The maximum Gasteiger partial charge on any atom is 0.326 e. The Morgan fingerprint density at radius 3 is 2.47 bits per heavy atom. The van der Waals surface area contributed by atoms with Gasteiger partial charge >= 0.3 is 5.97 Å². The Kier molecular flexibility index (Phi) is 10.4. The van der Waals surface area contributed by atoms with Crippen molar-refractivity contribution in [3.8, 4) is 0 Å². The Bertz CT molecular complexity index is 1010. The molecule has 7 N–H and O–H groups in total. The maximum atomic E-state index is 12.6. The number of carboxylic acids is 1. The predicted molar refractivity (Wildman–Crippen MR) is 132 cm³/mol. The number of benzene rings is 1. The lowest BCUT2D eigenvalue weighted by molar-refractivity contribution is -0.142. The van der Waals surface area contributed by atoms with Gasteiger partial charge in [-0.2, -0.15) is 11.8 Å². The van der Waals surface area contributed by atoms with Gasteiger partial charge < -0.3 is 31.8 Å². The second kappa shape index (κ2) is 13.0. The van der Waals surface area contributed by atoms with Crippen LogP contribution >= 0.6 is 11.8 Å². The van der Waals surface area contributed by atoms with Gasteiger partial charge in [0.1, 0.15) is 12.1 Å². The van der Waals surface area contributed by atoms with Crippen molar-refractivity contribution in [2.45, 2.75) is 44.8 Å². The van der Waals surface area contributed by atoms with E-state index in [1.807, 2.05) is 30.5 Å². The van der Waals surface area contributed by atoms with Crippen LogP contribution in [0.25, 0.3) is 10.9 Å². The molecule has 3 atom stereocenters. The molecule has 0 saturated carbocycles. The lowest BCUT2D eigenvalue weighted by atomic mass is 10.0. The van der Waals surface area contributed by atoms with Crippen LogP contribution in [0.3, 0.4) is 0 Å². The first-order chi connectivity index (χ1) is 16.1. The van der Waals surface area contributed by atoms with Crippen molar-refractivity contribution >= 4 is 46.4 Å². The standard InChI is InChI=1S/C23H33N5O5S/c1-13(2)20(22(31)27-18(23(32)33)8-9-34-3)28-19(29)12-26-21(30)16(24)10-14-11-25-17-7-5-4-6-15(14)17/h4-7,11,13,16,18,20,25H,8-10,12,24H2,1-3H3,(H,26,30)(H,27,31)(H,28,29)(H,32,33). The molecular formula is C23H33N5O5S. The molecule has 3 amide bonds. The molecule has 1 aromatic heterocycles. The Hall–Kier alpha value is -3.05. The lowest BCUT2D eigenvalue weighted by Crippen LogP contribution is -2.55. The minimum Gasteiger partial charge on any atom is -0.480 e. The van der Waals surface area contributed by atoms with Crippen LogP contribution in [0, 0.1) is 5.92 Å². The molecule has 1 heterocycles. The maximum absolute atomic E-state index is 12.6. The summed E-state index contributed by atoms with van der Waals surface area (Å²) in [5, 5.41) is 17.9. The largest absolute Gasteiger partial charge is 0.480 e. The third-order valence-corrected chi connectivity index (χ3v) is 6.01. The first-order valence-electron chi connectivity index (χ1n) is 11.0. The van der Waals surface area contributed by atoms with Gasteiger partial charge in [0.05, 0.1) is 12.6 Å². The summed E-state index contributed by atoms with van der Waals surface area (Å²) >= 11 is 1.48. The van der Waals surface area contributed by atoms with Crippen molar-refractivity contribution in [2.75, 3.05) is 18.6 Å². The number of H-pyrrole nitrogens is 1. The van der Waals surface area contributed by atoms with Crippen LogP contribution in [0.15, 0.2) is 30.5 Å². The van der Waals surface area contributed by atoms with Crippen LogP contribution in [0.5, 0.6) is 0 Å². The summed E-state index contributed by atoms with van der Waals surface area (Å²) in [7, 11) is 0. The number of fused-ring (bicyclic) bond motifs is 1. The number of aliphatic carboxylic acids is 1. The summed E-state index contributed by atoms with van der Waals surface area (Å²) < 4.78 is 0. The second-order valence-corrected chi connectivity index (χ2v) is 9.34. The first-order valence-corrected chi connectivity index (χ1v) is 12.4. The molecule has 10 nitrogen and oxygen atoms in total. The third kappa shape index (κ3) is 7.77. The van der Waals surface area contributed by atoms with Gasteiger partial charge in [0.25, 0.3) is 0 Å². The Balaban J connectivity index is 1.88. The zero-order valence-corrected chi connectivity index (χ0v) is 20.4. The van der Waals surface area contributed by atoms with Gasteiger partial charge in [-0.3, -0.25) is 14.4 Å². The van der Waals surface area contributed by atoms with Gasteiger partial charge in [-0.15, -0.1) is 0 Å². The van der Waals surface area contributed by atoms with Gasteiger partial charge in [0.15, 0.2) is 0 Å². The van der Waals surface area contributed by atoms with Crippen LogP contribution < -0.4 is 21.7 Å². The van der Waals surface area contributed by atoms with Gasteiger partial charge in [0, 0.05) is 17.1 Å². The number of nitrogens with two attached hydrogens (primary N) is 1. The first kappa shape index (κ1) is 27.2. The number of hydrogen-bond acceptors (Lipinski definition) is 6. The van der Waals surface area contributed by atoms with Crippen LogP contribution in [-0.2, 0) is 25.6 Å². The summed E-state index contributed by atoms with van der Waals surface area (Å²) in [5.41, 5.74) is 7.87. The zero-order chi connectivity index (χ0) is 25.3. The number of aromatic amines is 1. The van der Waals surface area contributed by atoms with Crippen molar-refractivity contribution in [2.24, 2.45) is 11.7 Å². The molecule has 3 unspecified atom stereocenters. The van der Waals surface area contributed by atoms with Gasteiger partial charge in [-0.05, 0) is 42.4 Å². The van der Waals surface area contributed by atoms with E-state index in [1.54, 1.807) is 20.0 Å². The third-order valence-electron chi connectivity index (χ3n) is 5.37. The number of para-hydroxylation sites is 1. The van der Waals surface area contributed by atoms with Crippen molar-refractivity contribution in [3.05, 3.63) is 36.0 Å². The van der Waals surface area contributed by atoms with E-state index < -0.39 is 41.8 Å². The molecule has 1 aromatic carbocycles. The lowest BCUT2D eigenvalue weighted by Gasteiger charge is -2.24. The molecule has 34 heavy (non-hydrogen) atoms. The molecule has 11 heteroatoms. The summed E-state index contributed by atoms with van der Waals surface area (Å²) in [5.74, 6) is -2.50. The molecule has 0 spiro atoms. The van der Waals surface area contributed by atoms with Gasteiger partial charge in [-0.25, -0.2) is 4.79 Å². The van der Waals surface area contributed by atoms with Crippen LogP contribution in [0.1, 0.15) is 25.8 Å². The second-order valence-electron chi connectivity index (χ2n) is 8.36. The fourth-order valence-corrected chi connectivity index (χ4v) is 3.91. The van der Waals surface area contributed by atoms with Crippen LogP contribution in [0.2, 0.25) is 0 Å². The van der Waals surface area contributed by atoms with E-state index in [4.69, 9.17) is 5.73 Å². The Morgan fingerprint density at radius 2 is 1.82 bits per heavy atom. The van der Waals surface area contributed by atoms with Crippen molar-refractivity contribution in [1.29, 1.82) is 0 Å². The highest BCUT2D eigenvalue weighted by Crippen LogP contribution is 2.18. The smallest absolute Gasteiger partial charge is 0.326 e. The highest BCUT2D eigenvalue weighted by Gasteiger charge is 2.28. The summed E-state index contributed by atoms with van der Waals surface area (Å²) in [6.07, 6.45) is 4.21. The number of carbonyl (C=O) groups excluding carboxylic acids is 3. The highest BCUT2D eigenvalue weighted by atomic mass is 32.2. The van der Waals surface area contributed by atoms with E-state index in [9.17, 15) is 24.3 Å². The van der Waals surface area contributed by atoms with E-state index in [0.717, 1.165) is 16.5 Å². The van der Waals surface area contributed by atoms with Crippen molar-refractivity contribution in [1.82, 2.24) is 20.9 Å². The number of carbonyl (C=O) groups is 4. The predicted octanol–water partition coefficient (Wildman–Crippen LogP) is 0.617.